The summed E-state index contributed by atoms with van der Waals surface area (Å²) in [5.41, 5.74) is 7.12. The van der Waals surface area contributed by atoms with Crippen molar-refractivity contribution in [2.24, 2.45) is 0 Å². The average Bonchev–Trinajstić information content (AvgIpc) is 3.23. The van der Waals surface area contributed by atoms with Gasteiger partial charge in [-0.3, -0.25) is 0 Å². The molecule has 134 valence electrons. The van der Waals surface area contributed by atoms with Crippen LogP contribution in [0.2, 0.25) is 0 Å². The maximum atomic E-state index is 6.12. The molecule has 0 saturated carbocycles. The molecule has 0 aliphatic heterocycles. The van der Waals surface area contributed by atoms with Gasteiger partial charge in [0.25, 0.3) is 0 Å². The van der Waals surface area contributed by atoms with E-state index in [1.807, 2.05) is 0 Å². The molecule has 6 rings (SSSR count). The molecule has 0 spiro atoms. The Bertz CT molecular complexity index is 1420. The van der Waals surface area contributed by atoms with Crippen molar-refractivity contribution in [1.29, 1.82) is 0 Å². The topological polar surface area (TPSA) is 26.3 Å². The monoisotopic (exact) mass is 380 g/mol. The van der Waals surface area contributed by atoms with Crippen LogP contribution >= 0.6 is 9.24 Å². The van der Waals surface area contributed by atoms with Gasteiger partial charge in [0.15, 0.2) is 0 Å². The largest absolute Gasteiger partial charge is 0.456 e. The number of benzene rings is 4. The van der Waals surface area contributed by atoms with Crippen LogP contribution in [0, 0.1) is 6.92 Å². The Kier molecular flexibility index (Phi) is 3.24. The lowest BCUT2D eigenvalue weighted by Crippen LogP contribution is -1.85. The lowest BCUT2D eigenvalue weighted by molar-refractivity contribution is 0.668. The number of hydrogen-bond donors (Lipinski definition) is 0. The van der Waals surface area contributed by atoms with Crippen LogP contribution in [0.5, 0.6) is 0 Å². The molecule has 0 aliphatic rings. The molecule has 3 heteroatoms. The van der Waals surface area contributed by atoms with Crippen molar-refractivity contribution in [3.05, 3.63) is 78.4 Å². The van der Waals surface area contributed by atoms with Crippen molar-refractivity contribution in [2.75, 3.05) is 0 Å². The normalized spacial score (nSPS) is 11.9. The Hall–Kier alpha value is -3.09. The zero-order valence-electron chi connectivity index (χ0n) is 15.3. The molecule has 0 radical (unpaired) electrons. The average molecular weight is 380 g/mol. The number of rotatable bonds is 1. The van der Waals surface area contributed by atoms with Crippen molar-refractivity contribution in [1.82, 2.24) is 0 Å². The fourth-order valence-electron chi connectivity index (χ4n) is 4.04. The Morgan fingerprint density at radius 3 is 1.61 bits per heavy atom. The van der Waals surface area contributed by atoms with E-state index in [1.54, 1.807) is 0 Å². The molecule has 2 nitrogen and oxygen atoms in total. The van der Waals surface area contributed by atoms with Crippen molar-refractivity contribution >= 4 is 58.4 Å². The highest BCUT2D eigenvalue weighted by molar-refractivity contribution is 7.27. The standard InChI is InChI=1S/C25H17O2P/c1-14-2-6-18-19-7-3-15(11-23(19)26-22(18)10-14)16-4-8-20-21-9-5-17(28)13-25(21)27-24(20)12-16/h2-13H,28H2,1H3. The summed E-state index contributed by atoms with van der Waals surface area (Å²) in [5.74, 6) is 0. The van der Waals surface area contributed by atoms with Gasteiger partial charge in [-0.05, 0) is 71.4 Å². The number of hydrogen-bond acceptors (Lipinski definition) is 2. The predicted molar refractivity (Wildman–Crippen MR) is 121 cm³/mol. The first-order chi connectivity index (χ1) is 13.7. The van der Waals surface area contributed by atoms with Crippen LogP contribution in [0.25, 0.3) is 55.0 Å². The van der Waals surface area contributed by atoms with Gasteiger partial charge in [-0.1, -0.05) is 30.3 Å². The fraction of sp³-hybridized carbons (Fsp3) is 0.0400. The van der Waals surface area contributed by atoms with Gasteiger partial charge in [0.05, 0.1) is 0 Å². The van der Waals surface area contributed by atoms with E-state index in [0.29, 0.717) is 0 Å². The minimum atomic E-state index is 0.906. The summed E-state index contributed by atoms with van der Waals surface area (Å²) in [6.45, 7) is 2.08. The van der Waals surface area contributed by atoms with E-state index in [9.17, 15) is 0 Å². The Morgan fingerprint density at radius 1 is 0.536 bits per heavy atom. The summed E-state index contributed by atoms with van der Waals surface area (Å²) in [7, 11) is 2.72. The molecule has 4 aromatic carbocycles. The zero-order chi connectivity index (χ0) is 18.8. The first-order valence-electron chi connectivity index (χ1n) is 9.31. The molecule has 0 aliphatic carbocycles. The highest BCUT2D eigenvalue weighted by atomic mass is 31.0. The summed E-state index contributed by atoms with van der Waals surface area (Å²) < 4.78 is 12.2. The minimum Gasteiger partial charge on any atom is -0.456 e. The third-order valence-electron chi connectivity index (χ3n) is 5.46. The van der Waals surface area contributed by atoms with E-state index in [4.69, 9.17) is 8.83 Å². The van der Waals surface area contributed by atoms with E-state index in [-0.39, 0.29) is 0 Å². The molecule has 0 saturated heterocycles. The summed E-state index contributed by atoms with van der Waals surface area (Å²) in [5, 5.41) is 5.72. The van der Waals surface area contributed by atoms with Gasteiger partial charge in [-0.15, -0.1) is 9.24 Å². The summed E-state index contributed by atoms with van der Waals surface area (Å²) in [6.07, 6.45) is 0. The lowest BCUT2D eigenvalue weighted by Gasteiger charge is -2.02. The van der Waals surface area contributed by atoms with E-state index in [1.165, 1.54) is 5.56 Å². The van der Waals surface area contributed by atoms with Gasteiger partial charge in [0.2, 0.25) is 0 Å². The molecule has 0 bridgehead atoms. The second-order valence-electron chi connectivity index (χ2n) is 7.38. The van der Waals surface area contributed by atoms with Crippen LogP contribution in [0.4, 0.5) is 0 Å². The first kappa shape index (κ1) is 15.9. The van der Waals surface area contributed by atoms with Crippen molar-refractivity contribution in [2.45, 2.75) is 6.92 Å². The highest BCUT2D eigenvalue weighted by Crippen LogP contribution is 2.35. The van der Waals surface area contributed by atoms with Gasteiger partial charge in [-0.2, -0.15) is 0 Å². The molecule has 0 fully saturated rings. The van der Waals surface area contributed by atoms with E-state index in [2.05, 4.69) is 89.0 Å². The van der Waals surface area contributed by atoms with Gasteiger partial charge in [0.1, 0.15) is 22.3 Å². The Labute approximate surface area is 163 Å². The van der Waals surface area contributed by atoms with Crippen LogP contribution in [-0.4, -0.2) is 0 Å². The maximum absolute atomic E-state index is 6.12. The quantitative estimate of drug-likeness (QED) is 0.288. The van der Waals surface area contributed by atoms with Gasteiger partial charge < -0.3 is 8.83 Å². The van der Waals surface area contributed by atoms with Gasteiger partial charge >= 0.3 is 0 Å². The Balaban J connectivity index is 1.54. The molecular formula is C25H17O2P. The third kappa shape index (κ3) is 2.32. The highest BCUT2D eigenvalue weighted by Gasteiger charge is 2.11. The molecule has 1 atom stereocenters. The van der Waals surface area contributed by atoms with Crippen molar-refractivity contribution in [3.8, 4) is 11.1 Å². The predicted octanol–water partition coefficient (Wildman–Crippen LogP) is 6.96. The van der Waals surface area contributed by atoms with Crippen LogP contribution in [-0.2, 0) is 0 Å². The summed E-state index contributed by atoms with van der Waals surface area (Å²) in [4.78, 5) is 0. The number of fused-ring (bicyclic) bond motifs is 6. The van der Waals surface area contributed by atoms with Crippen LogP contribution in [0.3, 0.4) is 0 Å². The fourth-order valence-corrected chi connectivity index (χ4v) is 4.28. The van der Waals surface area contributed by atoms with E-state index >= 15 is 0 Å². The van der Waals surface area contributed by atoms with E-state index in [0.717, 1.165) is 60.3 Å². The molecule has 0 N–H and O–H groups in total. The molecule has 2 aromatic heterocycles. The van der Waals surface area contributed by atoms with Crippen molar-refractivity contribution in [3.63, 3.8) is 0 Å². The lowest BCUT2D eigenvalue weighted by atomic mass is 10.0. The molecular weight excluding hydrogens is 363 g/mol. The SMILES string of the molecule is Cc1ccc2c(c1)oc1cc(-c3ccc4c(c3)oc3cc(P)ccc34)ccc12. The second-order valence-corrected chi connectivity index (χ2v) is 8.05. The third-order valence-corrected chi connectivity index (χ3v) is 5.82. The zero-order valence-corrected chi connectivity index (χ0v) is 16.5. The molecule has 0 amide bonds. The van der Waals surface area contributed by atoms with Crippen LogP contribution in [0.15, 0.2) is 81.6 Å². The van der Waals surface area contributed by atoms with Gasteiger partial charge in [-0.25, -0.2) is 0 Å². The first-order valence-corrected chi connectivity index (χ1v) is 9.88. The minimum absolute atomic E-state index is 0.906. The Morgan fingerprint density at radius 2 is 1.00 bits per heavy atom. The molecule has 28 heavy (non-hydrogen) atoms. The summed E-state index contributed by atoms with van der Waals surface area (Å²) in [6, 6.07) is 25.5. The number of furan rings is 2. The van der Waals surface area contributed by atoms with Gasteiger partial charge in [0, 0.05) is 21.5 Å². The van der Waals surface area contributed by atoms with Crippen LogP contribution < -0.4 is 5.30 Å². The smallest absolute Gasteiger partial charge is 0.136 e. The van der Waals surface area contributed by atoms with E-state index < -0.39 is 0 Å². The van der Waals surface area contributed by atoms with Crippen molar-refractivity contribution < 1.29 is 8.83 Å². The molecule has 1 unspecified atom stereocenters. The second kappa shape index (κ2) is 5.70. The molecule has 6 aromatic rings. The van der Waals surface area contributed by atoms with Crippen LogP contribution in [0.1, 0.15) is 5.56 Å². The molecule has 2 heterocycles. The summed E-state index contributed by atoms with van der Waals surface area (Å²) >= 11 is 0. The maximum Gasteiger partial charge on any atom is 0.136 e. The number of aryl methyl sites for hydroxylation is 1.